The Kier molecular flexibility index (Phi) is 6.57. The lowest BCUT2D eigenvalue weighted by Gasteiger charge is -2.18. The molecule has 0 heterocycles. The Labute approximate surface area is 125 Å². The van der Waals surface area contributed by atoms with Crippen LogP contribution in [0.1, 0.15) is 18.0 Å². The molecule has 3 N–H and O–H groups in total. The molecule has 1 rings (SSSR count). The molecule has 116 valence electrons. The zero-order valence-electron chi connectivity index (χ0n) is 11.0. The molecule has 1 unspecified atom stereocenters. The van der Waals surface area contributed by atoms with Gasteiger partial charge in [0, 0.05) is 6.42 Å². The van der Waals surface area contributed by atoms with Gasteiger partial charge in [0.25, 0.3) is 0 Å². The molecule has 21 heavy (non-hydrogen) atoms. The van der Waals surface area contributed by atoms with E-state index in [2.05, 4.69) is 10.1 Å². The minimum atomic E-state index is -4.40. The van der Waals surface area contributed by atoms with E-state index in [0.717, 1.165) is 0 Å². The van der Waals surface area contributed by atoms with Crippen molar-refractivity contribution in [3.05, 3.63) is 35.9 Å². The van der Waals surface area contributed by atoms with Gasteiger partial charge in [0.1, 0.15) is 17.6 Å². The topological polar surface area (TPSA) is 64.3 Å². The van der Waals surface area contributed by atoms with Gasteiger partial charge in [-0.2, -0.15) is 13.2 Å². The normalized spacial score (nSPS) is 12.7. The predicted octanol–water partition coefficient (Wildman–Crippen LogP) is 2.10. The zero-order chi connectivity index (χ0) is 15.9. The van der Waals surface area contributed by atoms with Gasteiger partial charge in [0.2, 0.25) is 5.91 Å². The summed E-state index contributed by atoms with van der Waals surface area (Å²) in [6, 6.07) is 8.15. The van der Waals surface area contributed by atoms with Crippen LogP contribution in [0.15, 0.2) is 30.3 Å². The molecule has 1 aromatic rings. The summed E-state index contributed by atoms with van der Waals surface area (Å²) in [5.41, 5.74) is 6.27. The Balaban J connectivity index is 2.46. The molecule has 0 aliphatic carbocycles. The van der Waals surface area contributed by atoms with Crippen molar-refractivity contribution >= 4 is 23.1 Å². The molecule has 0 aromatic heterocycles. The minimum absolute atomic E-state index is 0.0748. The lowest BCUT2D eigenvalue weighted by Crippen LogP contribution is -2.37. The van der Waals surface area contributed by atoms with E-state index in [-0.39, 0.29) is 18.0 Å². The molecule has 0 spiro atoms. The monoisotopic (exact) mass is 320 g/mol. The van der Waals surface area contributed by atoms with Gasteiger partial charge < -0.3 is 15.8 Å². The minimum Gasteiger partial charge on any atom is -0.391 e. The van der Waals surface area contributed by atoms with Crippen molar-refractivity contribution in [1.82, 2.24) is 5.32 Å². The standard InChI is InChI=1S/C13H15F3N2O2S/c14-13(15,16)8-20-7-6-10(19)18-11(12(17)21)9-4-2-1-3-5-9/h1-5,11H,6-8H2,(H2,17,21)(H,18,19). The average Bonchev–Trinajstić information content (AvgIpc) is 2.40. The van der Waals surface area contributed by atoms with Crippen LogP contribution in [0, 0.1) is 0 Å². The molecule has 0 saturated carbocycles. The van der Waals surface area contributed by atoms with Gasteiger partial charge in [0.05, 0.1) is 6.61 Å². The number of thiocarbonyl (C=S) groups is 1. The van der Waals surface area contributed by atoms with E-state index in [9.17, 15) is 18.0 Å². The number of hydrogen-bond donors (Lipinski definition) is 2. The number of rotatable bonds is 7. The van der Waals surface area contributed by atoms with Crippen LogP contribution >= 0.6 is 12.2 Å². The predicted molar refractivity (Wildman–Crippen MR) is 75.6 cm³/mol. The van der Waals surface area contributed by atoms with Crippen molar-refractivity contribution in [2.24, 2.45) is 5.73 Å². The van der Waals surface area contributed by atoms with Crippen LogP contribution < -0.4 is 11.1 Å². The Morgan fingerprint density at radius 3 is 2.48 bits per heavy atom. The molecule has 0 fully saturated rings. The van der Waals surface area contributed by atoms with E-state index < -0.39 is 24.7 Å². The number of nitrogens with two attached hydrogens (primary N) is 1. The fraction of sp³-hybridized carbons (Fsp3) is 0.385. The first-order valence-corrected chi connectivity index (χ1v) is 6.48. The van der Waals surface area contributed by atoms with Gasteiger partial charge in [0.15, 0.2) is 0 Å². The number of halogens is 3. The van der Waals surface area contributed by atoms with Crippen LogP contribution in [0.5, 0.6) is 0 Å². The van der Waals surface area contributed by atoms with E-state index in [0.29, 0.717) is 5.56 Å². The van der Waals surface area contributed by atoms with Crippen molar-refractivity contribution < 1.29 is 22.7 Å². The van der Waals surface area contributed by atoms with Gasteiger partial charge in [-0.25, -0.2) is 0 Å². The second-order valence-corrected chi connectivity index (χ2v) is 4.70. The molecule has 0 aliphatic rings. The lowest BCUT2D eigenvalue weighted by molar-refractivity contribution is -0.174. The Hall–Kier alpha value is -1.67. The summed E-state index contributed by atoms with van der Waals surface area (Å²) in [6.45, 7) is -1.71. The fourth-order valence-corrected chi connectivity index (χ4v) is 1.75. The smallest absolute Gasteiger partial charge is 0.391 e. The largest absolute Gasteiger partial charge is 0.411 e. The number of nitrogens with one attached hydrogen (secondary N) is 1. The van der Waals surface area contributed by atoms with Gasteiger partial charge in [-0.15, -0.1) is 0 Å². The highest BCUT2D eigenvalue weighted by Crippen LogP contribution is 2.15. The summed E-state index contributed by atoms with van der Waals surface area (Å²) < 4.78 is 39.9. The van der Waals surface area contributed by atoms with Gasteiger partial charge in [-0.1, -0.05) is 42.5 Å². The quantitative estimate of drug-likeness (QED) is 0.596. The molecule has 0 aliphatic heterocycles. The molecule has 4 nitrogen and oxygen atoms in total. The van der Waals surface area contributed by atoms with Crippen LogP contribution in [0.4, 0.5) is 13.2 Å². The van der Waals surface area contributed by atoms with Crippen molar-refractivity contribution in [2.45, 2.75) is 18.6 Å². The number of ether oxygens (including phenoxy) is 1. The van der Waals surface area contributed by atoms with E-state index in [4.69, 9.17) is 18.0 Å². The van der Waals surface area contributed by atoms with Crippen LogP contribution in [-0.2, 0) is 9.53 Å². The van der Waals surface area contributed by atoms with Crippen LogP contribution in [0.3, 0.4) is 0 Å². The van der Waals surface area contributed by atoms with Crippen LogP contribution in [0.25, 0.3) is 0 Å². The second kappa shape index (κ2) is 7.94. The molecule has 0 radical (unpaired) electrons. The highest BCUT2D eigenvalue weighted by Gasteiger charge is 2.27. The number of carbonyl (C=O) groups excluding carboxylic acids is 1. The number of carbonyl (C=O) groups is 1. The van der Waals surface area contributed by atoms with Crippen molar-refractivity contribution in [3.63, 3.8) is 0 Å². The van der Waals surface area contributed by atoms with Gasteiger partial charge in [-0.05, 0) is 5.56 Å². The third-order valence-corrected chi connectivity index (χ3v) is 2.70. The first-order chi connectivity index (χ1) is 9.79. The van der Waals surface area contributed by atoms with E-state index in [1.165, 1.54) is 0 Å². The van der Waals surface area contributed by atoms with Gasteiger partial charge in [-0.3, -0.25) is 4.79 Å². The van der Waals surface area contributed by atoms with E-state index >= 15 is 0 Å². The summed E-state index contributed by atoms with van der Waals surface area (Å²) in [4.78, 5) is 11.7. The fourth-order valence-electron chi connectivity index (χ4n) is 1.55. The molecule has 0 saturated heterocycles. The maximum absolute atomic E-state index is 11.9. The Bertz CT molecular complexity index is 480. The molecule has 1 amide bonds. The molecular weight excluding hydrogens is 305 g/mol. The van der Waals surface area contributed by atoms with E-state index in [1.54, 1.807) is 30.3 Å². The summed E-state index contributed by atoms with van der Waals surface area (Å²) in [5.74, 6) is -0.487. The maximum atomic E-state index is 11.9. The second-order valence-electron chi connectivity index (χ2n) is 4.23. The molecular formula is C13H15F3N2O2S. The lowest BCUT2D eigenvalue weighted by atomic mass is 10.1. The third kappa shape index (κ3) is 7.05. The summed E-state index contributed by atoms with van der Waals surface area (Å²) in [6.07, 6.45) is -4.61. The highest BCUT2D eigenvalue weighted by molar-refractivity contribution is 7.80. The van der Waals surface area contributed by atoms with E-state index in [1.807, 2.05) is 0 Å². The third-order valence-electron chi connectivity index (χ3n) is 2.46. The van der Waals surface area contributed by atoms with Crippen molar-refractivity contribution in [2.75, 3.05) is 13.2 Å². The maximum Gasteiger partial charge on any atom is 0.411 e. The molecule has 8 heteroatoms. The van der Waals surface area contributed by atoms with Crippen LogP contribution in [0.2, 0.25) is 0 Å². The first kappa shape index (κ1) is 17.4. The summed E-state index contributed by atoms with van der Waals surface area (Å²) >= 11 is 4.88. The number of amides is 1. The molecule has 1 aromatic carbocycles. The SMILES string of the molecule is NC(=S)C(NC(=O)CCOCC(F)(F)F)c1ccccc1. The summed E-state index contributed by atoms with van der Waals surface area (Å²) in [7, 11) is 0. The van der Waals surface area contributed by atoms with Crippen molar-refractivity contribution in [3.8, 4) is 0 Å². The number of hydrogen-bond acceptors (Lipinski definition) is 3. The first-order valence-electron chi connectivity index (χ1n) is 6.08. The Morgan fingerprint density at radius 2 is 1.95 bits per heavy atom. The van der Waals surface area contributed by atoms with Gasteiger partial charge >= 0.3 is 6.18 Å². The number of benzene rings is 1. The Morgan fingerprint density at radius 1 is 1.33 bits per heavy atom. The summed E-state index contributed by atoms with van der Waals surface area (Å²) in [5, 5.41) is 2.56. The molecule has 1 atom stereocenters. The highest BCUT2D eigenvalue weighted by atomic mass is 32.1. The zero-order valence-corrected chi connectivity index (χ0v) is 11.8. The van der Waals surface area contributed by atoms with Crippen molar-refractivity contribution in [1.29, 1.82) is 0 Å². The average molecular weight is 320 g/mol. The number of alkyl halides is 3. The van der Waals surface area contributed by atoms with Crippen LogP contribution in [-0.4, -0.2) is 30.3 Å². The molecule has 0 bridgehead atoms.